The van der Waals surface area contributed by atoms with Crippen LogP contribution in [-0.2, 0) is 28.8 Å². The molecule has 0 unspecified atom stereocenters. The first-order chi connectivity index (χ1) is 14.7. The fourth-order valence-corrected chi connectivity index (χ4v) is 3.88. The summed E-state index contributed by atoms with van der Waals surface area (Å²) in [6.45, 7) is 0.827. The molecule has 4 rings (SSSR count). The lowest BCUT2D eigenvalue weighted by molar-refractivity contribution is -0.146. The first kappa shape index (κ1) is 21.8. The van der Waals surface area contributed by atoms with E-state index in [9.17, 15) is 4.79 Å². The van der Waals surface area contributed by atoms with Crippen LogP contribution in [0.3, 0.4) is 0 Å². The third kappa shape index (κ3) is 6.30. The zero-order valence-corrected chi connectivity index (χ0v) is 17.4. The largest absolute Gasteiger partial charge is 0.465 e. The number of aliphatic hydroxyl groups excluding tert-OH is 1. The van der Waals surface area contributed by atoms with Gasteiger partial charge in [-0.2, -0.15) is 0 Å². The Hall–Kier alpha value is -2.91. The third-order valence-electron chi connectivity index (χ3n) is 5.48. The number of aryl methyl sites for hydroxylation is 1. The molecule has 0 bridgehead atoms. The summed E-state index contributed by atoms with van der Waals surface area (Å²) in [6.07, 6.45) is 4.15. The van der Waals surface area contributed by atoms with Gasteiger partial charge in [0.25, 0.3) is 0 Å². The summed E-state index contributed by atoms with van der Waals surface area (Å²) in [5.41, 5.74) is 3.30. The van der Waals surface area contributed by atoms with E-state index in [0.29, 0.717) is 6.61 Å². The SMILES string of the molecule is O=C1OCCC1(Cc1ccccc1)Cc1ccccc1.OCCCc1ccccc1. The molecule has 1 aliphatic rings. The van der Waals surface area contributed by atoms with E-state index in [0.717, 1.165) is 32.1 Å². The fraction of sp³-hybridized carbons (Fsp3) is 0.296. The number of rotatable bonds is 7. The van der Waals surface area contributed by atoms with Gasteiger partial charge in [-0.1, -0.05) is 91.0 Å². The number of benzene rings is 3. The normalized spacial score (nSPS) is 14.5. The fourth-order valence-electron chi connectivity index (χ4n) is 3.88. The maximum atomic E-state index is 12.3. The highest BCUT2D eigenvalue weighted by atomic mass is 16.5. The number of carbonyl (C=O) groups excluding carboxylic acids is 1. The first-order valence-electron chi connectivity index (χ1n) is 10.6. The average molecular weight is 403 g/mol. The monoisotopic (exact) mass is 402 g/mol. The molecule has 3 aromatic carbocycles. The van der Waals surface area contributed by atoms with E-state index in [-0.39, 0.29) is 12.6 Å². The number of aliphatic hydroxyl groups is 1. The second-order valence-corrected chi connectivity index (χ2v) is 7.80. The summed E-state index contributed by atoms with van der Waals surface area (Å²) in [5.74, 6) is -0.0507. The Kier molecular flexibility index (Phi) is 8.22. The number of ether oxygens (including phenoxy) is 1. The Bertz CT molecular complexity index is 834. The minimum Gasteiger partial charge on any atom is -0.465 e. The molecular weight excluding hydrogens is 372 g/mol. The Morgan fingerprint density at radius 1 is 0.733 bits per heavy atom. The van der Waals surface area contributed by atoms with Crippen LogP contribution in [0.5, 0.6) is 0 Å². The van der Waals surface area contributed by atoms with Crippen molar-refractivity contribution in [2.24, 2.45) is 5.41 Å². The lowest BCUT2D eigenvalue weighted by Crippen LogP contribution is -2.31. The lowest BCUT2D eigenvalue weighted by atomic mass is 9.75. The molecule has 30 heavy (non-hydrogen) atoms. The second-order valence-electron chi connectivity index (χ2n) is 7.80. The molecule has 3 heteroatoms. The number of hydrogen-bond acceptors (Lipinski definition) is 3. The van der Waals surface area contributed by atoms with Crippen LogP contribution in [0.15, 0.2) is 91.0 Å². The molecule has 0 spiro atoms. The Morgan fingerprint density at radius 3 is 1.60 bits per heavy atom. The van der Waals surface area contributed by atoms with Gasteiger partial charge in [-0.15, -0.1) is 0 Å². The van der Waals surface area contributed by atoms with Crippen LogP contribution in [0.4, 0.5) is 0 Å². The number of cyclic esters (lactones) is 1. The Labute approximate surface area is 179 Å². The topological polar surface area (TPSA) is 46.5 Å². The van der Waals surface area contributed by atoms with Crippen molar-refractivity contribution < 1.29 is 14.6 Å². The van der Waals surface area contributed by atoms with Crippen LogP contribution in [0.25, 0.3) is 0 Å². The number of hydrogen-bond donors (Lipinski definition) is 1. The summed E-state index contributed by atoms with van der Waals surface area (Å²) < 4.78 is 5.27. The molecule has 0 saturated carbocycles. The van der Waals surface area contributed by atoms with Gasteiger partial charge in [0.1, 0.15) is 0 Å². The van der Waals surface area contributed by atoms with Gasteiger partial charge in [0, 0.05) is 6.61 Å². The van der Waals surface area contributed by atoms with E-state index in [4.69, 9.17) is 9.84 Å². The standard InChI is InChI=1S/C18H18O2.C9H12O/c19-17-18(11-12-20-17,13-15-7-3-1-4-8-15)14-16-9-5-2-6-10-16;10-8-4-7-9-5-2-1-3-6-9/h1-10H,11-14H2;1-3,5-6,10H,4,7-8H2. The van der Waals surface area contributed by atoms with Crippen molar-refractivity contribution in [2.45, 2.75) is 32.1 Å². The molecule has 1 N–H and O–H groups in total. The van der Waals surface area contributed by atoms with Gasteiger partial charge < -0.3 is 9.84 Å². The number of carbonyl (C=O) groups is 1. The third-order valence-corrected chi connectivity index (χ3v) is 5.48. The van der Waals surface area contributed by atoms with Crippen molar-refractivity contribution in [3.63, 3.8) is 0 Å². The quantitative estimate of drug-likeness (QED) is 0.565. The Balaban J connectivity index is 0.000000216. The van der Waals surface area contributed by atoms with Gasteiger partial charge in [0.05, 0.1) is 12.0 Å². The summed E-state index contributed by atoms with van der Waals surface area (Å²) >= 11 is 0. The van der Waals surface area contributed by atoms with Crippen LogP contribution in [0, 0.1) is 5.41 Å². The van der Waals surface area contributed by atoms with E-state index < -0.39 is 5.41 Å². The molecule has 0 atom stereocenters. The molecule has 3 aromatic rings. The summed E-state index contributed by atoms with van der Waals surface area (Å²) in [6, 6.07) is 30.6. The molecule has 1 saturated heterocycles. The molecule has 0 radical (unpaired) electrons. The predicted molar refractivity (Wildman–Crippen MR) is 120 cm³/mol. The minimum atomic E-state index is -0.400. The molecule has 156 valence electrons. The van der Waals surface area contributed by atoms with Gasteiger partial charge in [-0.25, -0.2) is 0 Å². The molecule has 1 heterocycles. The average Bonchev–Trinajstić information content (AvgIpc) is 3.14. The van der Waals surface area contributed by atoms with Gasteiger partial charge in [-0.05, 0) is 48.8 Å². The maximum Gasteiger partial charge on any atom is 0.312 e. The van der Waals surface area contributed by atoms with Crippen LogP contribution < -0.4 is 0 Å². The summed E-state index contributed by atoms with van der Waals surface area (Å²) in [4.78, 5) is 12.3. The molecule has 1 fully saturated rings. The molecular formula is C27H30O3. The molecule has 0 amide bonds. The van der Waals surface area contributed by atoms with Crippen LogP contribution in [-0.4, -0.2) is 24.3 Å². The second kappa shape index (κ2) is 11.3. The van der Waals surface area contributed by atoms with Crippen molar-refractivity contribution in [3.05, 3.63) is 108 Å². The summed E-state index contributed by atoms with van der Waals surface area (Å²) in [7, 11) is 0. The van der Waals surface area contributed by atoms with Gasteiger partial charge >= 0.3 is 5.97 Å². The molecule has 3 nitrogen and oxygen atoms in total. The van der Waals surface area contributed by atoms with Crippen molar-refractivity contribution in [2.75, 3.05) is 13.2 Å². The zero-order valence-electron chi connectivity index (χ0n) is 17.4. The first-order valence-corrected chi connectivity index (χ1v) is 10.6. The van der Waals surface area contributed by atoms with Crippen LogP contribution in [0.2, 0.25) is 0 Å². The highest BCUT2D eigenvalue weighted by molar-refractivity contribution is 5.79. The smallest absolute Gasteiger partial charge is 0.312 e. The van der Waals surface area contributed by atoms with Gasteiger partial charge in [-0.3, -0.25) is 4.79 Å². The van der Waals surface area contributed by atoms with Crippen LogP contribution >= 0.6 is 0 Å². The maximum absolute atomic E-state index is 12.3. The highest BCUT2D eigenvalue weighted by Crippen LogP contribution is 2.37. The zero-order chi connectivity index (χ0) is 21.1. The van der Waals surface area contributed by atoms with E-state index in [1.54, 1.807) is 0 Å². The molecule has 0 aliphatic carbocycles. The summed E-state index contributed by atoms with van der Waals surface area (Å²) in [5, 5.41) is 8.53. The van der Waals surface area contributed by atoms with Gasteiger partial charge in [0.2, 0.25) is 0 Å². The molecule has 1 aliphatic heterocycles. The lowest BCUT2D eigenvalue weighted by Gasteiger charge is -2.25. The van der Waals surface area contributed by atoms with E-state index in [2.05, 4.69) is 36.4 Å². The number of esters is 1. The van der Waals surface area contributed by atoms with Crippen molar-refractivity contribution in [3.8, 4) is 0 Å². The minimum absolute atomic E-state index is 0.0507. The van der Waals surface area contributed by atoms with Crippen molar-refractivity contribution in [1.82, 2.24) is 0 Å². The highest BCUT2D eigenvalue weighted by Gasteiger charge is 2.44. The van der Waals surface area contributed by atoms with Crippen molar-refractivity contribution >= 4 is 5.97 Å². The van der Waals surface area contributed by atoms with E-state index >= 15 is 0 Å². The Morgan fingerprint density at radius 2 is 1.20 bits per heavy atom. The van der Waals surface area contributed by atoms with Crippen molar-refractivity contribution in [1.29, 1.82) is 0 Å². The van der Waals surface area contributed by atoms with Gasteiger partial charge in [0.15, 0.2) is 0 Å². The predicted octanol–water partition coefficient (Wildman–Crippen LogP) is 5.02. The molecule has 0 aromatic heterocycles. The van der Waals surface area contributed by atoms with E-state index in [1.165, 1.54) is 16.7 Å². The van der Waals surface area contributed by atoms with Crippen LogP contribution in [0.1, 0.15) is 29.5 Å². The van der Waals surface area contributed by atoms with E-state index in [1.807, 2.05) is 54.6 Å².